The van der Waals surface area contributed by atoms with E-state index >= 15 is 0 Å². The summed E-state index contributed by atoms with van der Waals surface area (Å²) in [5, 5.41) is 0. The van der Waals surface area contributed by atoms with Gasteiger partial charge in [0.25, 0.3) is 0 Å². The second-order valence-corrected chi connectivity index (χ2v) is 6.16. The van der Waals surface area contributed by atoms with Gasteiger partial charge < -0.3 is 0 Å². The summed E-state index contributed by atoms with van der Waals surface area (Å²) < 4.78 is 15.1. The van der Waals surface area contributed by atoms with Crippen LogP contribution in [0.3, 0.4) is 0 Å². The summed E-state index contributed by atoms with van der Waals surface area (Å²) in [5.74, 6) is 0.848. The van der Waals surface area contributed by atoms with Crippen molar-refractivity contribution in [1.29, 1.82) is 0 Å². The summed E-state index contributed by atoms with van der Waals surface area (Å²) in [5.41, 5.74) is 0. The van der Waals surface area contributed by atoms with Crippen LogP contribution in [0.25, 0.3) is 0 Å². The van der Waals surface area contributed by atoms with Crippen LogP contribution in [0.5, 0.6) is 0 Å². The highest BCUT2D eigenvalue weighted by Crippen LogP contribution is 2.23. The van der Waals surface area contributed by atoms with E-state index in [1.807, 2.05) is 0 Å². The van der Waals surface area contributed by atoms with E-state index in [-0.39, 0.29) is 0 Å². The fourth-order valence-electron chi connectivity index (χ4n) is 2.48. The van der Waals surface area contributed by atoms with Gasteiger partial charge in [-0.2, -0.15) is 0 Å². The zero-order valence-corrected chi connectivity index (χ0v) is 13.7. The molecule has 0 amide bonds. The molecule has 4 heteroatoms. The van der Waals surface area contributed by atoms with E-state index in [4.69, 9.17) is 4.89 Å². The maximum absolute atomic E-state index is 10.4. The fraction of sp³-hybridized carbons (Fsp3) is 1.00. The van der Waals surface area contributed by atoms with Crippen molar-refractivity contribution in [1.82, 2.24) is 0 Å². The highest BCUT2D eigenvalue weighted by atomic mass is 31.1. The van der Waals surface area contributed by atoms with Crippen LogP contribution in [0, 0.1) is 5.92 Å². The van der Waals surface area contributed by atoms with Gasteiger partial charge in [0.1, 0.15) is 6.61 Å². The van der Waals surface area contributed by atoms with Gasteiger partial charge >= 0.3 is 8.25 Å². The van der Waals surface area contributed by atoms with Crippen LogP contribution >= 0.6 is 8.25 Å². The van der Waals surface area contributed by atoms with Crippen LogP contribution in [0.1, 0.15) is 84.5 Å². The molecule has 1 N–H and O–H groups in total. The van der Waals surface area contributed by atoms with Crippen LogP contribution in [0.4, 0.5) is 0 Å². The monoisotopic (exact) mass is 291 g/mol. The number of hydrogen-bond donors (Lipinski definition) is 1. The van der Waals surface area contributed by atoms with Gasteiger partial charge in [0.2, 0.25) is 0 Å². The van der Waals surface area contributed by atoms with Crippen molar-refractivity contribution in [2.45, 2.75) is 84.5 Å². The van der Waals surface area contributed by atoms with Crippen LogP contribution in [0.15, 0.2) is 0 Å². The molecule has 0 rings (SSSR count). The fourth-order valence-corrected chi connectivity index (χ4v) is 2.76. The Morgan fingerprint density at radius 1 is 0.895 bits per heavy atom. The molecule has 0 radical (unpaired) electrons. The summed E-state index contributed by atoms with van der Waals surface area (Å²) >= 11 is 0. The molecule has 1 unspecified atom stereocenters. The average Bonchev–Trinajstić information content (AvgIpc) is 2.38. The molecule has 0 fully saturated rings. The third-order valence-electron chi connectivity index (χ3n) is 3.64. The van der Waals surface area contributed by atoms with Gasteiger partial charge in [-0.1, -0.05) is 78.1 Å². The highest BCUT2D eigenvalue weighted by molar-refractivity contribution is 7.32. The molecule has 0 aromatic heterocycles. The standard InChI is InChI=1S/C15H31O3P/c1-3-5-7-11-15(12-8-6-4-2)13-9-10-14-18-19(16)17/h15H,3-14H2,1-2H3/p+1. The molecule has 0 aromatic carbocycles. The summed E-state index contributed by atoms with van der Waals surface area (Å²) in [4.78, 5) is 8.53. The maximum Gasteiger partial charge on any atom is 0.694 e. The van der Waals surface area contributed by atoms with Crippen LogP contribution < -0.4 is 0 Å². The van der Waals surface area contributed by atoms with Gasteiger partial charge in [-0.25, -0.2) is 0 Å². The average molecular weight is 291 g/mol. The zero-order valence-electron chi connectivity index (χ0n) is 12.8. The van der Waals surface area contributed by atoms with Crippen molar-refractivity contribution in [3.8, 4) is 0 Å². The lowest BCUT2D eigenvalue weighted by Gasteiger charge is -2.16. The Morgan fingerprint density at radius 2 is 1.37 bits per heavy atom. The Morgan fingerprint density at radius 3 is 1.79 bits per heavy atom. The van der Waals surface area contributed by atoms with Crippen LogP contribution in [-0.4, -0.2) is 11.5 Å². The third-order valence-corrected chi connectivity index (χ3v) is 4.04. The molecule has 114 valence electrons. The van der Waals surface area contributed by atoms with E-state index in [1.165, 1.54) is 57.8 Å². The summed E-state index contributed by atoms with van der Waals surface area (Å²) in [6.07, 6.45) is 14.0. The molecule has 0 aliphatic carbocycles. The topological polar surface area (TPSA) is 46.5 Å². The first-order valence-electron chi connectivity index (χ1n) is 7.99. The molecule has 0 saturated carbocycles. The van der Waals surface area contributed by atoms with E-state index in [2.05, 4.69) is 18.4 Å². The van der Waals surface area contributed by atoms with Gasteiger partial charge in [0.15, 0.2) is 0 Å². The third kappa shape index (κ3) is 14.2. The summed E-state index contributed by atoms with van der Waals surface area (Å²) in [7, 11) is -2.41. The first-order chi connectivity index (χ1) is 9.20. The lowest BCUT2D eigenvalue weighted by atomic mass is 9.90. The molecule has 0 spiro atoms. The first kappa shape index (κ1) is 19.0. The van der Waals surface area contributed by atoms with E-state index in [9.17, 15) is 4.57 Å². The van der Waals surface area contributed by atoms with Gasteiger partial charge in [-0.3, -0.25) is 0 Å². The SMILES string of the molecule is CCCCCC(CCCCC)CCCCO[P+](=O)O. The molecule has 0 saturated heterocycles. The van der Waals surface area contributed by atoms with Crippen molar-refractivity contribution < 1.29 is 14.0 Å². The van der Waals surface area contributed by atoms with Crippen molar-refractivity contribution >= 4 is 8.25 Å². The maximum atomic E-state index is 10.4. The van der Waals surface area contributed by atoms with Gasteiger partial charge in [-0.05, 0) is 12.3 Å². The Bertz CT molecular complexity index is 200. The van der Waals surface area contributed by atoms with Crippen LogP contribution in [0.2, 0.25) is 0 Å². The molecule has 19 heavy (non-hydrogen) atoms. The van der Waals surface area contributed by atoms with E-state index in [1.54, 1.807) is 0 Å². The quantitative estimate of drug-likeness (QED) is 0.335. The predicted octanol–water partition coefficient (Wildman–Crippen LogP) is 5.60. The van der Waals surface area contributed by atoms with Crippen LogP contribution in [-0.2, 0) is 9.09 Å². The Labute approximate surface area is 120 Å². The minimum absolute atomic E-state index is 0.419. The normalized spacial score (nSPS) is 12.1. The lowest BCUT2D eigenvalue weighted by molar-refractivity contribution is 0.267. The lowest BCUT2D eigenvalue weighted by Crippen LogP contribution is -2.02. The van der Waals surface area contributed by atoms with Gasteiger partial charge in [0, 0.05) is 4.57 Å². The van der Waals surface area contributed by atoms with Crippen molar-refractivity contribution in [2.75, 3.05) is 6.61 Å². The second-order valence-electron chi connectivity index (χ2n) is 5.42. The largest absolute Gasteiger partial charge is 0.694 e. The number of rotatable bonds is 14. The van der Waals surface area contributed by atoms with Gasteiger partial charge in [-0.15, -0.1) is 9.42 Å². The molecule has 0 bridgehead atoms. The molecular weight excluding hydrogens is 259 g/mol. The Balaban J connectivity index is 3.67. The Kier molecular flexibility index (Phi) is 14.4. The minimum Gasteiger partial charge on any atom is -0.133 e. The first-order valence-corrected chi connectivity index (χ1v) is 9.12. The highest BCUT2D eigenvalue weighted by Gasteiger charge is 2.12. The van der Waals surface area contributed by atoms with E-state index in [0.717, 1.165) is 18.8 Å². The Hall–Kier alpha value is 0.0200. The van der Waals surface area contributed by atoms with E-state index < -0.39 is 8.25 Å². The molecule has 3 nitrogen and oxygen atoms in total. The summed E-state index contributed by atoms with van der Waals surface area (Å²) in [6, 6.07) is 0. The smallest absolute Gasteiger partial charge is 0.133 e. The van der Waals surface area contributed by atoms with Gasteiger partial charge in [0.05, 0.1) is 0 Å². The van der Waals surface area contributed by atoms with E-state index in [0.29, 0.717) is 6.61 Å². The number of hydrogen-bond acceptors (Lipinski definition) is 2. The molecule has 0 heterocycles. The molecule has 0 aliphatic heterocycles. The zero-order chi connectivity index (χ0) is 14.3. The minimum atomic E-state index is -2.41. The molecular formula is C15H32O3P+. The van der Waals surface area contributed by atoms with Crippen molar-refractivity contribution in [3.63, 3.8) is 0 Å². The van der Waals surface area contributed by atoms with Crippen molar-refractivity contribution in [2.24, 2.45) is 5.92 Å². The predicted molar refractivity (Wildman–Crippen MR) is 81.4 cm³/mol. The molecule has 0 aliphatic rings. The molecule has 1 atom stereocenters. The number of unbranched alkanes of at least 4 members (excludes halogenated alkanes) is 5. The van der Waals surface area contributed by atoms with Crippen molar-refractivity contribution in [3.05, 3.63) is 0 Å². The molecule has 0 aromatic rings. The summed E-state index contributed by atoms with van der Waals surface area (Å²) in [6.45, 7) is 4.92. The second kappa shape index (κ2) is 14.4.